The van der Waals surface area contributed by atoms with E-state index in [1.807, 2.05) is 19.9 Å². The van der Waals surface area contributed by atoms with E-state index < -0.39 is 5.97 Å². The Bertz CT molecular complexity index is 1190. The maximum Gasteiger partial charge on any atom is 0.335 e. The first-order chi connectivity index (χ1) is 15.9. The summed E-state index contributed by atoms with van der Waals surface area (Å²) in [6, 6.07) is 9.99. The summed E-state index contributed by atoms with van der Waals surface area (Å²) in [4.78, 5) is 30.8. The molecule has 1 N–H and O–H groups in total. The molecule has 0 unspecified atom stereocenters. The Morgan fingerprint density at radius 1 is 1.30 bits per heavy atom. The van der Waals surface area contributed by atoms with Gasteiger partial charge < -0.3 is 14.6 Å². The highest BCUT2D eigenvalue weighted by Crippen LogP contribution is 2.38. The van der Waals surface area contributed by atoms with Crippen molar-refractivity contribution in [2.75, 3.05) is 19.8 Å². The number of ether oxygens (including phenoxy) is 2. The van der Waals surface area contributed by atoms with Crippen molar-refractivity contribution in [1.29, 1.82) is 0 Å². The Kier molecular flexibility index (Phi) is 8.41. The van der Waals surface area contributed by atoms with Crippen LogP contribution in [0, 0.1) is 15.9 Å². The second-order valence-electron chi connectivity index (χ2n) is 6.67. The van der Waals surface area contributed by atoms with Gasteiger partial charge >= 0.3 is 5.97 Å². The van der Waals surface area contributed by atoms with Crippen molar-refractivity contribution in [2.45, 2.75) is 13.8 Å². The lowest BCUT2D eigenvalue weighted by Crippen LogP contribution is -2.28. The topological polar surface area (TPSA) is 88.4 Å². The Hall–Kier alpha value is -2.97. The van der Waals surface area contributed by atoms with Gasteiger partial charge in [-0.3, -0.25) is 9.69 Å². The predicted octanol–water partition coefficient (Wildman–Crippen LogP) is 5.02. The van der Waals surface area contributed by atoms with Crippen LogP contribution < -0.4 is 9.47 Å². The van der Waals surface area contributed by atoms with E-state index in [9.17, 15) is 14.7 Å². The van der Waals surface area contributed by atoms with Crippen molar-refractivity contribution < 1.29 is 24.2 Å². The zero-order valence-electron chi connectivity index (χ0n) is 18.0. The normalized spacial score (nSPS) is 15.7. The van der Waals surface area contributed by atoms with Crippen molar-refractivity contribution in [2.24, 2.45) is 4.99 Å². The molecule has 33 heavy (non-hydrogen) atoms. The number of hydrogen-bond donors (Lipinski definition) is 1. The molecular weight excluding hydrogens is 555 g/mol. The third kappa shape index (κ3) is 5.89. The molecule has 1 amide bonds. The van der Waals surface area contributed by atoms with Crippen LogP contribution in [0.4, 0.5) is 5.69 Å². The molecule has 2 aromatic carbocycles. The predicted molar refractivity (Wildman–Crippen MR) is 138 cm³/mol. The fourth-order valence-corrected chi connectivity index (χ4v) is 4.87. The van der Waals surface area contributed by atoms with Crippen LogP contribution >= 0.6 is 34.4 Å². The summed E-state index contributed by atoms with van der Waals surface area (Å²) >= 11 is 3.38. The van der Waals surface area contributed by atoms with Crippen LogP contribution in [0.2, 0.25) is 0 Å². The van der Waals surface area contributed by atoms with E-state index in [2.05, 4.69) is 33.5 Å². The molecular formula is C24H21IN2O5S. The Morgan fingerprint density at radius 2 is 2.09 bits per heavy atom. The molecule has 1 aliphatic heterocycles. The molecule has 170 valence electrons. The SMILES string of the molecule is C#CCOc1c(I)cc(C=C2SC(=Nc3cccc(C(=O)O)c3)N(CC)C2=O)cc1OCC. The number of terminal acetylenes is 1. The fourth-order valence-electron chi connectivity index (χ4n) is 3.03. The van der Waals surface area contributed by atoms with Gasteiger partial charge in [-0.05, 0) is 90.2 Å². The van der Waals surface area contributed by atoms with Crippen LogP contribution in [0.25, 0.3) is 6.08 Å². The highest BCUT2D eigenvalue weighted by molar-refractivity contribution is 14.1. The number of carboxylic acids is 1. The lowest BCUT2D eigenvalue weighted by atomic mass is 10.2. The number of rotatable bonds is 8. The summed E-state index contributed by atoms with van der Waals surface area (Å²) in [5, 5.41) is 9.70. The van der Waals surface area contributed by atoms with Gasteiger partial charge in [-0.25, -0.2) is 9.79 Å². The maximum absolute atomic E-state index is 13.0. The van der Waals surface area contributed by atoms with Gasteiger partial charge in [0, 0.05) is 6.54 Å². The summed E-state index contributed by atoms with van der Waals surface area (Å²) in [7, 11) is 0. The van der Waals surface area contributed by atoms with E-state index in [-0.39, 0.29) is 18.1 Å². The molecule has 1 aliphatic rings. The molecule has 2 aromatic rings. The number of benzene rings is 2. The molecule has 0 atom stereocenters. The summed E-state index contributed by atoms with van der Waals surface area (Å²) in [6.45, 7) is 4.74. The van der Waals surface area contributed by atoms with Crippen molar-refractivity contribution >= 4 is 63.2 Å². The van der Waals surface area contributed by atoms with Crippen LogP contribution in [0.3, 0.4) is 0 Å². The number of thioether (sulfide) groups is 1. The Morgan fingerprint density at radius 3 is 2.76 bits per heavy atom. The Labute approximate surface area is 210 Å². The molecule has 0 aliphatic carbocycles. The lowest BCUT2D eigenvalue weighted by molar-refractivity contribution is -0.122. The second kappa shape index (κ2) is 11.2. The molecule has 0 spiro atoms. The molecule has 0 bridgehead atoms. The van der Waals surface area contributed by atoms with Gasteiger partial charge in [0.2, 0.25) is 0 Å². The number of amides is 1. The molecule has 1 heterocycles. The van der Waals surface area contributed by atoms with E-state index in [1.165, 1.54) is 23.9 Å². The number of hydrogen-bond acceptors (Lipinski definition) is 6. The summed E-state index contributed by atoms with van der Waals surface area (Å²) < 4.78 is 12.2. The highest BCUT2D eigenvalue weighted by atomic mass is 127. The number of aromatic carboxylic acids is 1. The van der Waals surface area contributed by atoms with Gasteiger partial charge in [0.05, 0.1) is 26.3 Å². The zero-order valence-corrected chi connectivity index (χ0v) is 21.0. The van der Waals surface area contributed by atoms with Crippen molar-refractivity contribution in [3.05, 3.63) is 56.0 Å². The maximum atomic E-state index is 13.0. The first-order valence-corrected chi connectivity index (χ1v) is 11.9. The van der Waals surface area contributed by atoms with E-state index in [0.29, 0.717) is 40.4 Å². The van der Waals surface area contributed by atoms with Crippen LogP contribution in [0.1, 0.15) is 29.8 Å². The van der Waals surface area contributed by atoms with Gasteiger partial charge in [0.15, 0.2) is 16.7 Å². The van der Waals surface area contributed by atoms with Crippen LogP contribution in [-0.4, -0.2) is 46.8 Å². The van der Waals surface area contributed by atoms with E-state index in [1.54, 1.807) is 29.2 Å². The quantitative estimate of drug-likeness (QED) is 0.270. The summed E-state index contributed by atoms with van der Waals surface area (Å²) in [5.41, 5.74) is 1.38. The zero-order chi connectivity index (χ0) is 24.0. The van der Waals surface area contributed by atoms with Crippen LogP contribution in [0.15, 0.2) is 46.3 Å². The first kappa shape index (κ1) is 24.7. The molecule has 0 aromatic heterocycles. The van der Waals surface area contributed by atoms with Gasteiger partial charge in [-0.1, -0.05) is 12.0 Å². The smallest absolute Gasteiger partial charge is 0.335 e. The third-order valence-electron chi connectivity index (χ3n) is 4.45. The average molecular weight is 576 g/mol. The van der Waals surface area contributed by atoms with E-state index in [0.717, 1.165) is 9.13 Å². The van der Waals surface area contributed by atoms with E-state index >= 15 is 0 Å². The van der Waals surface area contributed by atoms with Crippen LogP contribution in [0.5, 0.6) is 11.5 Å². The Balaban J connectivity index is 1.96. The highest BCUT2D eigenvalue weighted by Gasteiger charge is 2.32. The molecule has 9 heteroatoms. The van der Waals surface area contributed by atoms with E-state index in [4.69, 9.17) is 15.9 Å². The van der Waals surface area contributed by atoms with Crippen molar-refractivity contribution in [1.82, 2.24) is 4.90 Å². The number of nitrogens with zero attached hydrogens (tertiary/aromatic N) is 2. The number of carboxylic acid groups (broad SMARTS) is 1. The monoisotopic (exact) mass is 576 g/mol. The molecule has 0 radical (unpaired) electrons. The summed E-state index contributed by atoms with van der Waals surface area (Å²) in [6.07, 6.45) is 7.09. The van der Waals surface area contributed by atoms with Crippen molar-refractivity contribution in [3.8, 4) is 23.8 Å². The number of amidine groups is 1. The largest absolute Gasteiger partial charge is 0.490 e. The number of halogens is 1. The lowest BCUT2D eigenvalue weighted by Gasteiger charge is -2.13. The summed E-state index contributed by atoms with van der Waals surface area (Å²) in [5.74, 6) is 2.36. The number of carbonyl (C=O) groups excluding carboxylic acids is 1. The molecule has 1 saturated heterocycles. The molecule has 7 nitrogen and oxygen atoms in total. The fraction of sp³-hybridized carbons (Fsp3) is 0.208. The second-order valence-corrected chi connectivity index (χ2v) is 8.84. The van der Waals surface area contributed by atoms with Gasteiger partial charge in [-0.2, -0.15) is 0 Å². The van der Waals surface area contributed by atoms with Gasteiger partial charge in [-0.15, -0.1) is 6.42 Å². The molecule has 3 rings (SSSR count). The standard InChI is InChI=1S/C24H21IN2O5S/c1-4-10-32-21-18(25)11-15(12-19(21)31-6-3)13-20-22(28)27(5-2)24(33-20)26-17-9-7-8-16(14-17)23(29)30/h1,7-9,11-14H,5-6,10H2,2-3H3,(H,29,30). The number of likely N-dealkylation sites (N-methyl/N-ethyl adjacent to an activating group) is 1. The van der Waals surface area contributed by atoms with Gasteiger partial charge in [0.25, 0.3) is 5.91 Å². The number of aliphatic imine (C=N–C) groups is 1. The third-order valence-corrected chi connectivity index (χ3v) is 6.26. The first-order valence-electron chi connectivity index (χ1n) is 10.0. The molecule has 0 saturated carbocycles. The minimum atomic E-state index is -1.03. The number of carbonyl (C=O) groups is 2. The van der Waals surface area contributed by atoms with Gasteiger partial charge in [0.1, 0.15) is 6.61 Å². The van der Waals surface area contributed by atoms with Crippen molar-refractivity contribution in [3.63, 3.8) is 0 Å². The van der Waals surface area contributed by atoms with Crippen LogP contribution in [-0.2, 0) is 4.79 Å². The average Bonchev–Trinajstić information content (AvgIpc) is 3.07. The molecule has 1 fully saturated rings. The minimum absolute atomic E-state index is 0.124. The minimum Gasteiger partial charge on any atom is -0.490 e.